The first kappa shape index (κ1) is 26.1. The highest BCUT2D eigenvalue weighted by Crippen LogP contribution is 2.47. The topological polar surface area (TPSA) is 111 Å². The number of carbonyl (C=O) groups excluding carboxylic acids is 2. The van der Waals surface area contributed by atoms with E-state index in [4.69, 9.17) is 27.9 Å². The number of amides is 3. The van der Waals surface area contributed by atoms with Gasteiger partial charge in [0.25, 0.3) is 5.91 Å². The Labute approximate surface area is 215 Å². The van der Waals surface area contributed by atoms with Crippen molar-refractivity contribution in [2.24, 2.45) is 0 Å². The van der Waals surface area contributed by atoms with Gasteiger partial charge in [-0.2, -0.15) is 17.6 Å². The van der Waals surface area contributed by atoms with Crippen LogP contribution in [0.3, 0.4) is 0 Å². The molecule has 4 rings (SSSR count). The SMILES string of the molecule is CNC(=O)c1cc(Oc2cc(NC(=O)Nc3ccc4c(c3)OC(F)(F)C(F)(F)O4)c(Cl)cc2Cl)ccn1. The molecule has 15 heteroatoms. The predicted octanol–water partition coefficient (Wildman–Crippen LogP) is 6.14. The van der Waals surface area contributed by atoms with Crippen LogP contribution in [0.2, 0.25) is 10.0 Å². The van der Waals surface area contributed by atoms with Gasteiger partial charge in [0, 0.05) is 37.1 Å². The van der Waals surface area contributed by atoms with E-state index in [1.54, 1.807) is 0 Å². The Hall–Kier alpha value is -3.97. The molecule has 0 saturated heterocycles. The number of aromatic nitrogens is 1. The van der Waals surface area contributed by atoms with E-state index < -0.39 is 35.7 Å². The first-order chi connectivity index (χ1) is 17.4. The summed E-state index contributed by atoms with van der Waals surface area (Å²) >= 11 is 12.3. The van der Waals surface area contributed by atoms with Crippen molar-refractivity contribution in [3.8, 4) is 23.0 Å². The number of carbonyl (C=O) groups is 2. The van der Waals surface area contributed by atoms with Crippen LogP contribution in [0.5, 0.6) is 23.0 Å². The number of nitrogens with one attached hydrogen (secondary N) is 3. The van der Waals surface area contributed by atoms with Crippen LogP contribution in [-0.4, -0.2) is 36.2 Å². The Morgan fingerprint density at radius 1 is 0.919 bits per heavy atom. The summed E-state index contributed by atoms with van der Waals surface area (Å²) in [6.45, 7) is 0. The second kappa shape index (κ2) is 9.82. The minimum absolute atomic E-state index is 0.0253. The quantitative estimate of drug-likeness (QED) is 0.323. The zero-order valence-electron chi connectivity index (χ0n) is 18.4. The standard InChI is InChI=1S/C22H14Cl2F4N4O5/c1-29-19(33)15-7-11(4-5-30-15)35-17-9-14(12(23)8-13(17)24)32-20(34)31-10-2-3-16-18(6-10)37-22(27,28)21(25,26)36-16/h2-9H,1H3,(H,29,33)(H2,31,32,34). The van der Waals surface area contributed by atoms with Crippen LogP contribution < -0.4 is 30.2 Å². The molecule has 9 nitrogen and oxygen atoms in total. The smallest absolute Gasteiger partial charge is 0.456 e. The normalized spacial score (nSPS) is 14.9. The number of fused-ring (bicyclic) bond motifs is 1. The summed E-state index contributed by atoms with van der Waals surface area (Å²) in [5, 5.41) is 7.28. The minimum atomic E-state index is -4.91. The van der Waals surface area contributed by atoms with E-state index in [9.17, 15) is 27.2 Å². The molecule has 1 aromatic heterocycles. The van der Waals surface area contributed by atoms with Gasteiger partial charge < -0.3 is 30.2 Å². The number of nitrogens with zero attached hydrogens (tertiary/aromatic N) is 1. The first-order valence-electron chi connectivity index (χ1n) is 10.1. The van der Waals surface area contributed by atoms with Gasteiger partial charge in [-0.25, -0.2) is 4.79 Å². The molecule has 3 amide bonds. The van der Waals surface area contributed by atoms with Crippen molar-refractivity contribution in [3.63, 3.8) is 0 Å². The summed E-state index contributed by atoms with van der Waals surface area (Å²) in [6, 6.07) is 7.49. The van der Waals surface area contributed by atoms with Gasteiger partial charge in [0.2, 0.25) is 0 Å². The number of hydrogen-bond acceptors (Lipinski definition) is 6. The minimum Gasteiger partial charge on any atom is -0.456 e. The third kappa shape index (κ3) is 5.57. The second-order valence-corrected chi connectivity index (χ2v) is 8.11. The summed E-state index contributed by atoms with van der Waals surface area (Å²) in [5.74, 6) is -1.50. The van der Waals surface area contributed by atoms with E-state index in [1.807, 2.05) is 0 Å². The Morgan fingerprint density at radius 2 is 1.62 bits per heavy atom. The van der Waals surface area contributed by atoms with E-state index in [0.29, 0.717) is 0 Å². The Morgan fingerprint density at radius 3 is 2.32 bits per heavy atom. The maximum absolute atomic E-state index is 13.4. The van der Waals surface area contributed by atoms with Crippen molar-refractivity contribution in [1.29, 1.82) is 0 Å². The highest BCUT2D eigenvalue weighted by atomic mass is 35.5. The molecule has 0 unspecified atom stereocenters. The number of pyridine rings is 1. The number of anilines is 2. The van der Waals surface area contributed by atoms with Gasteiger partial charge in [-0.05, 0) is 24.3 Å². The van der Waals surface area contributed by atoms with E-state index in [-0.39, 0.29) is 38.6 Å². The molecule has 2 heterocycles. The van der Waals surface area contributed by atoms with Crippen molar-refractivity contribution in [2.45, 2.75) is 12.2 Å². The average molecular weight is 561 g/mol. The van der Waals surface area contributed by atoms with Crippen LogP contribution in [0.4, 0.5) is 33.7 Å². The van der Waals surface area contributed by atoms with Gasteiger partial charge in [0.1, 0.15) is 17.2 Å². The number of rotatable bonds is 5. The molecule has 3 N–H and O–H groups in total. The van der Waals surface area contributed by atoms with E-state index in [0.717, 1.165) is 18.2 Å². The summed E-state index contributed by atoms with van der Waals surface area (Å²) in [7, 11) is 1.44. The fourth-order valence-electron chi connectivity index (χ4n) is 2.99. The molecule has 0 bridgehead atoms. The van der Waals surface area contributed by atoms with Crippen molar-refractivity contribution >= 4 is 46.5 Å². The number of halogens is 6. The zero-order valence-corrected chi connectivity index (χ0v) is 19.9. The van der Waals surface area contributed by atoms with Crippen LogP contribution in [0.25, 0.3) is 0 Å². The highest BCUT2D eigenvalue weighted by molar-refractivity contribution is 6.37. The number of hydrogen-bond donors (Lipinski definition) is 3. The molecule has 2 aromatic carbocycles. The van der Waals surface area contributed by atoms with Crippen LogP contribution in [0.1, 0.15) is 10.5 Å². The fraction of sp³-hybridized carbons (Fsp3) is 0.136. The Bertz CT molecular complexity index is 1390. The maximum atomic E-state index is 13.4. The number of alkyl halides is 4. The van der Waals surface area contributed by atoms with Crippen molar-refractivity contribution in [3.05, 3.63) is 64.4 Å². The monoisotopic (exact) mass is 560 g/mol. The lowest BCUT2D eigenvalue weighted by atomic mass is 10.2. The summed E-state index contributed by atoms with van der Waals surface area (Å²) in [6.07, 6.45) is -8.43. The van der Waals surface area contributed by atoms with Crippen LogP contribution in [0, 0.1) is 0 Å². The molecule has 0 radical (unpaired) electrons. The summed E-state index contributed by atoms with van der Waals surface area (Å²) < 4.78 is 67.2. The van der Waals surface area contributed by atoms with E-state index >= 15 is 0 Å². The molecule has 0 aliphatic carbocycles. The molecule has 37 heavy (non-hydrogen) atoms. The molecular formula is C22H14Cl2F4N4O5. The Kier molecular flexibility index (Phi) is 6.93. The lowest BCUT2D eigenvalue weighted by molar-refractivity contribution is -0.391. The van der Waals surface area contributed by atoms with Crippen molar-refractivity contribution < 1.29 is 41.4 Å². The third-order valence-corrected chi connectivity index (χ3v) is 5.31. The molecule has 0 fully saturated rings. The average Bonchev–Trinajstić information content (AvgIpc) is 2.82. The predicted molar refractivity (Wildman–Crippen MR) is 124 cm³/mol. The van der Waals surface area contributed by atoms with E-state index in [2.05, 4.69) is 30.4 Å². The lowest BCUT2D eigenvalue weighted by Crippen LogP contribution is -2.52. The lowest BCUT2D eigenvalue weighted by Gasteiger charge is -2.31. The molecular weight excluding hydrogens is 547 g/mol. The number of ether oxygens (including phenoxy) is 3. The van der Waals surface area contributed by atoms with Gasteiger partial charge in [0.15, 0.2) is 11.5 Å². The number of benzene rings is 2. The first-order valence-corrected chi connectivity index (χ1v) is 10.8. The van der Waals surface area contributed by atoms with Crippen LogP contribution in [0.15, 0.2) is 48.7 Å². The van der Waals surface area contributed by atoms with Crippen LogP contribution >= 0.6 is 23.2 Å². The van der Waals surface area contributed by atoms with Gasteiger partial charge >= 0.3 is 18.2 Å². The summed E-state index contributed by atoms with van der Waals surface area (Å²) in [4.78, 5) is 28.2. The molecule has 0 atom stereocenters. The number of urea groups is 1. The molecule has 3 aromatic rings. The molecule has 194 valence electrons. The maximum Gasteiger partial charge on any atom is 0.507 e. The van der Waals surface area contributed by atoms with E-state index in [1.165, 1.54) is 37.5 Å². The Balaban J connectivity index is 1.49. The van der Waals surface area contributed by atoms with Gasteiger partial charge in [-0.3, -0.25) is 9.78 Å². The van der Waals surface area contributed by atoms with Gasteiger partial charge in [-0.15, -0.1) is 0 Å². The third-order valence-electron chi connectivity index (χ3n) is 4.71. The second-order valence-electron chi connectivity index (χ2n) is 7.30. The molecule has 0 spiro atoms. The molecule has 1 aliphatic rings. The fourth-order valence-corrected chi connectivity index (χ4v) is 3.46. The largest absolute Gasteiger partial charge is 0.507 e. The summed E-state index contributed by atoms with van der Waals surface area (Å²) in [5.41, 5.74) is 0.0486. The zero-order chi connectivity index (χ0) is 27.0. The van der Waals surface area contributed by atoms with Crippen molar-refractivity contribution in [2.75, 3.05) is 17.7 Å². The molecule has 0 saturated carbocycles. The highest BCUT2D eigenvalue weighted by Gasteiger charge is 2.65. The van der Waals surface area contributed by atoms with Crippen LogP contribution in [-0.2, 0) is 0 Å². The van der Waals surface area contributed by atoms with Crippen molar-refractivity contribution in [1.82, 2.24) is 10.3 Å². The van der Waals surface area contributed by atoms with Gasteiger partial charge in [0.05, 0.1) is 15.7 Å². The van der Waals surface area contributed by atoms with Gasteiger partial charge in [-0.1, -0.05) is 23.2 Å². The molecule has 1 aliphatic heterocycles.